The molecule has 1 atom stereocenters. The standard InChI is InChI=1S/C26H31ClN2O3/c1-6-26(4,5)29(24(31)15-18-7-11-20(27)12-8-18)22-16-23(30)28(25(22)32)21-13-9-19(10-14-21)17(2)3/h7-14,17,22H,6,15-16H2,1-5H3. The van der Waals surface area contributed by atoms with Crippen LogP contribution in [0, 0.1) is 0 Å². The molecular formula is C26H31ClN2O3. The minimum absolute atomic E-state index is 0.0133. The summed E-state index contributed by atoms with van der Waals surface area (Å²) in [7, 11) is 0. The van der Waals surface area contributed by atoms with Crippen LogP contribution in [-0.2, 0) is 20.8 Å². The summed E-state index contributed by atoms with van der Waals surface area (Å²) in [6.45, 7) is 10.0. The molecule has 1 heterocycles. The first kappa shape index (κ1) is 24.0. The highest BCUT2D eigenvalue weighted by atomic mass is 35.5. The van der Waals surface area contributed by atoms with Crippen molar-refractivity contribution in [3.8, 4) is 0 Å². The van der Waals surface area contributed by atoms with Crippen molar-refractivity contribution in [1.29, 1.82) is 0 Å². The molecule has 1 aliphatic heterocycles. The molecule has 170 valence electrons. The molecule has 0 N–H and O–H groups in total. The van der Waals surface area contributed by atoms with Crippen molar-refractivity contribution in [2.45, 2.75) is 71.4 Å². The predicted octanol–water partition coefficient (Wildman–Crippen LogP) is 5.36. The molecule has 1 saturated heterocycles. The lowest BCUT2D eigenvalue weighted by molar-refractivity contribution is -0.144. The number of carbonyl (C=O) groups is 3. The summed E-state index contributed by atoms with van der Waals surface area (Å²) in [6, 6.07) is 13.8. The second-order valence-corrected chi connectivity index (χ2v) is 9.70. The van der Waals surface area contributed by atoms with Crippen LogP contribution in [0.25, 0.3) is 0 Å². The van der Waals surface area contributed by atoms with Gasteiger partial charge in [-0.1, -0.05) is 56.6 Å². The normalized spacial score (nSPS) is 16.7. The first-order chi connectivity index (χ1) is 15.0. The average Bonchev–Trinajstić information content (AvgIpc) is 3.03. The van der Waals surface area contributed by atoms with Crippen molar-refractivity contribution in [1.82, 2.24) is 4.90 Å². The zero-order valence-corrected chi connectivity index (χ0v) is 20.1. The summed E-state index contributed by atoms with van der Waals surface area (Å²) >= 11 is 5.96. The van der Waals surface area contributed by atoms with Crippen molar-refractivity contribution in [2.75, 3.05) is 4.90 Å². The van der Waals surface area contributed by atoms with E-state index in [0.717, 1.165) is 11.1 Å². The topological polar surface area (TPSA) is 57.7 Å². The molecule has 32 heavy (non-hydrogen) atoms. The number of anilines is 1. The van der Waals surface area contributed by atoms with Crippen molar-refractivity contribution >= 4 is 35.0 Å². The van der Waals surface area contributed by atoms with Crippen LogP contribution in [0.4, 0.5) is 5.69 Å². The van der Waals surface area contributed by atoms with E-state index < -0.39 is 11.6 Å². The number of halogens is 1. The number of hydrogen-bond acceptors (Lipinski definition) is 3. The number of amides is 3. The Bertz CT molecular complexity index is 997. The van der Waals surface area contributed by atoms with E-state index >= 15 is 0 Å². The molecule has 2 aromatic rings. The quantitative estimate of drug-likeness (QED) is 0.529. The maximum Gasteiger partial charge on any atom is 0.257 e. The lowest BCUT2D eigenvalue weighted by Crippen LogP contribution is -2.56. The summed E-state index contributed by atoms with van der Waals surface area (Å²) in [5, 5.41) is 0.600. The SMILES string of the molecule is CCC(C)(C)N(C(=O)Cc1ccc(Cl)cc1)C1CC(=O)N(c2ccc(C(C)C)cc2)C1=O. The van der Waals surface area contributed by atoms with Crippen molar-refractivity contribution in [2.24, 2.45) is 0 Å². The maximum absolute atomic E-state index is 13.4. The highest BCUT2D eigenvalue weighted by molar-refractivity contribution is 6.30. The van der Waals surface area contributed by atoms with E-state index in [1.54, 1.807) is 29.2 Å². The molecule has 5 nitrogen and oxygen atoms in total. The first-order valence-corrected chi connectivity index (χ1v) is 11.5. The predicted molar refractivity (Wildman–Crippen MR) is 128 cm³/mol. The molecule has 0 saturated carbocycles. The number of nitrogens with zero attached hydrogens (tertiary/aromatic N) is 2. The zero-order chi connectivity index (χ0) is 23.6. The van der Waals surface area contributed by atoms with Gasteiger partial charge in [0.1, 0.15) is 6.04 Å². The molecule has 2 aromatic carbocycles. The van der Waals surface area contributed by atoms with Gasteiger partial charge in [0.25, 0.3) is 5.91 Å². The monoisotopic (exact) mass is 454 g/mol. The Balaban J connectivity index is 1.89. The van der Waals surface area contributed by atoms with E-state index in [0.29, 0.717) is 23.0 Å². The van der Waals surface area contributed by atoms with Crippen LogP contribution in [0.15, 0.2) is 48.5 Å². The molecule has 0 bridgehead atoms. The van der Waals surface area contributed by atoms with Crippen LogP contribution in [0.2, 0.25) is 5.02 Å². The van der Waals surface area contributed by atoms with Gasteiger partial charge in [0.05, 0.1) is 18.5 Å². The van der Waals surface area contributed by atoms with E-state index in [1.165, 1.54) is 4.90 Å². The van der Waals surface area contributed by atoms with E-state index in [4.69, 9.17) is 11.6 Å². The largest absolute Gasteiger partial charge is 0.325 e. The van der Waals surface area contributed by atoms with Gasteiger partial charge in [-0.2, -0.15) is 0 Å². The fourth-order valence-corrected chi connectivity index (χ4v) is 4.19. The minimum atomic E-state index is -0.818. The third-order valence-corrected chi connectivity index (χ3v) is 6.56. The van der Waals surface area contributed by atoms with Crippen molar-refractivity contribution in [3.63, 3.8) is 0 Å². The molecule has 0 aliphatic carbocycles. The van der Waals surface area contributed by atoms with Crippen LogP contribution < -0.4 is 4.90 Å². The summed E-state index contributed by atoms with van der Waals surface area (Å²) in [5.41, 5.74) is 1.92. The Kier molecular flexibility index (Phi) is 7.09. The van der Waals surface area contributed by atoms with Gasteiger partial charge in [0, 0.05) is 10.6 Å². The first-order valence-electron chi connectivity index (χ1n) is 11.1. The molecule has 1 aliphatic rings. The zero-order valence-electron chi connectivity index (χ0n) is 19.4. The number of rotatable bonds is 7. The smallest absolute Gasteiger partial charge is 0.257 e. The highest BCUT2D eigenvalue weighted by Gasteiger charge is 2.48. The molecule has 0 aromatic heterocycles. The molecule has 1 unspecified atom stereocenters. The van der Waals surface area contributed by atoms with E-state index in [-0.39, 0.29) is 30.6 Å². The van der Waals surface area contributed by atoms with Gasteiger partial charge < -0.3 is 4.90 Å². The molecule has 0 radical (unpaired) electrons. The summed E-state index contributed by atoms with van der Waals surface area (Å²) < 4.78 is 0. The van der Waals surface area contributed by atoms with Gasteiger partial charge >= 0.3 is 0 Å². The summed E-state index contributed by atoms with van der Waals surface area (Å²) in [4.78, 5) is 42.6. The number of benzene rings is 2. The third kappa shape index (κ3) is 4.88. The van der Waals surface area contributed by atoms with Gasteiger partial charge in [0.15, 0.2) is 0 Å². The number of hydrogen-bond donors (Lipinski definition) is 0. The third-order valence-electron chi connectivity index (χ3n) is 6.31. The summed E-state index contributed by atoms with van der Waals surface area (Å²) in [5.74, 6) is -0.456. The van der Waals surface area contributed by atoms with Crippen molar-refractivity contribution in [3.05, 3.63) is 64.7 Å². The fraction of sp³-hybridized carbons (Fsp3) is 0.423. The Labute approximate surface area is 195 Å². The molecule has 1 fully saturated rings. The van der Waals surface area contributed by atoms with Gasteiger partial charge in [-0.3, -0.25) is 14.4 Å². The Morgan fingerprint density at radius 2 is 1.69 bits per heavy atom. The van der Waals surface area contributed by atoms with E-state index in [1.807, 2.05) is 45.0 Å². The van der Waals surface area contributed by atoms with Crippen LogP contribution in [0.3, 0.4) is 0 Å². The maximum atomic E-state index is 13.4. The number of carbonyl (C=O) groups excluding carboxylic acids is 3. The average molecular weight is 455 g/mol. The second-order valence-electron chi connectivity index (χ2n) is 9.27. The fourth-order valence-electron chi connectivity index (χ4n) is 4.06. The molecule has 3 rings (SSSR count). The minimum Gasteiger partial charge on any atom is -0.325 e. The van der Waals surface area contributed by atoms with Gasteiger partial charge in [0.2, 0.25) is 11.8 Å². The molecule has 0 spiro atoms. The second kappa shape index (κ2) is 9.45. The lowest BCUT2D eigenvalue weighted by Gasteiger charge is -2.41. The lowest BCUT2D eigenvalue weighted by atomic mass is 9.94. The van der Waals surface area contributed by atoms with Crippen LogP contribution in [-0.4, -0.2) is 34.2 Å². The Hall–Kier alpha value is -2.66. The van der Waals surface area contributed by atoms with Gasteiger partial charge in [-0.15, -0.1) is 0 Å². The number of imide groups is 1. The Morgan fingerprint density at radius 1 is 1.09 bits per heavy atom. The highest BCUT2D eigenvalue weighted by Crippen LogP contribution is 2.32. The van der Waals surface area contributed by atoms with Gasteiger partial charge in [-0.25, -0.2) is 4.90 Å². The van der Waals surface area contributed by atoms with E-state index in [2.05, 4.69) is 13.8 Å². The van der Waals surface area contributed by atoms with E-state index in [9.17, 15) is 14.4 Å². The summed E-state index contributed by atoms with van der Waals surface area (Å²) in [6.07, 6.45) is 0.780. The molecular weight excluding hydrogens is 424 g/mol. The van der Waals surface area contributed by atoms with Crippen LogP contribution >= 0.6 is 11.6 Å². The van der Waals surface area contributed by atoms with Gasteiger partial charge in [-0.05, 0) is 61.6 Å². The Morgan fingerprint density at radius 3 is 2.22 bits per heavy atom. The van der Waals surface area contributed by atoms with Crippen LogP contribution in [0.5, 0.6) is 0 Å². The van der Waals surface area contributed by atoms with Crippen molar-refractivity contribution < 1.29 is 14.4 Å². The molecule has 3 amide bonds. The molecule has 6 heteroatoms. The van der Waals surface area contributed by atoms with Crippen LogP contribution in [0.1, 0.15) is 64.5 Å².